The third-order valence-electron chi connectivity index (χ3n) is 6.45. The Morgan fingerprint density at radius 3 is 2.12 bits per heavy atom. The Morgan fingerprint density at radius 1 is 0.962 bits per heavy atom. The van der Waals surface area contributed by atoms with Crippen molar-refractivity contribution in [2.24, 2.45) is 0 Å². The van der Waals surface area contributed by atoms with E-state index in [9.17, 15) is 14.9 Å². The van der Waals surface area contributed by atoms with Crippen LogP contribution in [0.5, 0.6) is 0 Å². The summed E-state index contributed by atoms with van der Waals surface area (Å²) in [5, 5.41) is 13.9. The first-order chi connectivity index (χ1) is 12.6. The summed E-state index contributed by atoms with van der Waals surface area (Å²) in [5.74, 6) is -0.114. The predicted molar refractivity (Wildman–Crippen MR) is 99.1 cm³/mol. The molecular formula is C20H27N3O3. The Bertz CT molecular complexity index is 655. The van der Waals surface area contributed by atoms with E-state index in [1.807, 2.05) is 0 Å². The zero-order valence-corrected chi connectivity index (χ0v) is 15.1. The number of fused-ring (bicyclic) bond motifs is 2. The third-order valence-corrected chi connectivity index (χ3v) is 6.45. The minimum atomic E-state index is -0.443. The molecule has 1 amide bonds. The van der Waals surface area contributed by atoms with Crippen LogP contribution in [0.3, 0.4) is 0 Å². The number of carbonyl (C=O) groups is 1. The van der Waals surface area contributed by atoms with Crippen LogP contribution >= 0.6 is 0 Å². The molecule has 1 saturated carbocycles. The molecule has 2 heterocycles. The van der Waals surface area contributed by atoms with Gasteiger partial charge in [0.15, 0.2) is 0 Å². The lowest BCUT2D eigenvalue weighted by molar-refractivity contribution is -0.384. The van der Waals surface area contributed by atoms with Gasteiger partial charge in [-0.1, -0.05) is 19.3 Å². The van der Waals surface area contributed by atoms with Gasteiger partial charge in [-0.15, -0.1) is 0 Å². The number of piperidine rings is 2. The van der Waals surface area contributed by atoms with Crippen LogP contribution in [0.15, 0.2) is 24.3 Å². The van der Waals surface area contributed by atoms with Gasteiger partial charge in [0.05, 0.1) is 4.92 Å². The number of benzene rings is 1. The first-order valence-corrected chi connectivity index (χ1v) is 9.94. The van der Waals surface area contributed by atoms with Crippen LogP contribution in [0.4, 0.5) is 5.69 Å². The lowest BCUT2D eigenvalue weighted by Gasteiger charge is -2.51. The monoisotopic (exact) mass is 357 g/mol. The van der Waals surface area contributed by atoms with E-state index in [4.69, 9.17) is 0 Å². The Hall–Kier alpha value is -1.95. The Balaban J connectivity index is 1.40. The van der Waals surface area contributed by atoms with Crippen molar-refractivity contribution in [2.45, 2.75) is 82.0 Å². The van der Waals surface area contributed by atoms with E-state index >= 15 is 0 Å². The number of amides is 1. The Kier molecular flexibility index (Phi) is 4.94. The second kappa shape index (κ2) is 7.35. The topological polar surface area (TPSA) is 75.5 Å². The maximum atomic E-state index is 12.6. The summed E-state index contributed by atoms with van der Waals surface area (Å²) >= 11 is 0. The lowest BCUT2D eigenvalue weighted by Crippen LogP contribution is -2.59. The van der Waals surface area contributed by atoms with Crippen molar-refractivity contribution >= 4 is 11.6 Å². The van der Waals surface area contributed by atoms with Gasteiger partial charge in [-0.05, 0) is 50.7 Å². The number of nitro groups is 1. The highest BCUT2D eigenvalue weighted by atomic mass is 16.6. The fourth-order valence-corrected chi connectivity index (χ4v) is 5.34. The summed E-state index contributed by atoms with van der Waals surface area (Å²) in [6.45, 7) is 0. The summed E-state index contributed by atoms with van der Waals surface area (Å²) < 4.78 is 0. The number of non-ortho nitro benzene ring substituents is 1. The van der Waals surface area contributed by atoms with E-state index in [2.05, 4.69) is 10.2 Å². The van der Waals surface area contributed by atoms with E-state index in [0.29, 0.717) is 17.6 Å². The van der Waals surface area contributed by atoms with Crippen molar-refractivity contribution in [2.75, 3.05) is 0 Å². The van der Waals surface area contributed by atoms with Crippen LogP contribution < -0.4 is 5.32 Å². The molecule has 1 N–H and O–H groups in total. The van der Waals surface area contributed by atoms with Crippen molar-refractivity contribution in [3.8, 4) is 0 Å². The van der Waals surface area contributed by atoms with E-state index in [1.54, 1.807) is 12.1 Å². The zero-order chi connectivity index (χ0) is 18.1. The molecule has 6 heteroatoms. The van der Waals surface area contributed by atoms with Gasteiger partial charge in [-0.25, -0.2) is 0 Å². The van der Waals surface area contributed by atoms with Gasteiger partial charge in [-0.2, -0.15) is 0 Å². The predicted octanol–water partition coefficient (Wildman–Crippen LogP) is 3.65. The summed E-state index contributed by atoms with van der Waals surface area (Å²) in [7, 11) is 0. The Labute approximate surface area is 154 Å². The third kappa shape index (κ3) is 3.47. The molecule has 1 aliphatic carbocycles. The van der Waals surface area contributed by atoms with E-state index in [1.165, 1.54) is 57.1 Å². The van der Waals surface area contributed by atoms with Crippen molar-refractivity contribution in [3.05, 3.63) is 39.9 Å². The molecule has 0 radical (unpaired) electrons. The van der Waals surface area contributed by atoms with Gasteiger partial charge < -0.3 is 5.32 Å². The molecule has 3 aliphatic rings. The highest BCUT2D eigenvalue weighted by molar-refractivity contribution is 5.94. The second-order valence-corrected chi connectivity index (χ2v) is 8.07. The molecule has 3 atom stereocenters. The van der Waals surface area contributed by atoms with Gasteiger partial charge in [-0.3, -0.25) is 19.8 Å². The maximum Gasteiger partial charge on any atom is 0.269 e. The minimum absolute atomic E-state index is 0.0148. The molecule has 2 aliphatic heterocycles. The molecule has 1 aromatic carbocycles. The molecule has 2 bridgehead atoms. The van der Waals surface area contributed by atoms with Crippen molar-refractivity contribution < 1.29 is 9.72 Å². The van der Waals surface area contributed by atoms with Crippen LogP contribution in [-0.2, 0) is 0 Å². The molecule has 26 heavy (non-hydrogen) atoms. The van der Waals surface area contributed by atoms with Crippen LogP contribution in [0.1, 0.15) is 68.1 Å². The van der Waals surface area contributed by atoms with Crippen LogP contribution in [-0.4, -0.2) is 39.9 Å². The molecule has 140 valence electrons. The maximum absolute atomic E-state index is 12.6. The molecule has 6 nitrogen and oxygen atoms in total. The molecule has 0 aromatic heterocycles. The van der Waals surface area contributed by atoms with Gasteiger partial charge in [0.1, 0.15) is 0 Å². The quantitative estimate of drug-likeness (QED) is 0.659. The first kappa shape index (κ1) is 17.5. The van der Waals surface area contributed by atoms with E-state index in [-0.39, 0.29) is 17.6 Å². The molecule has 1 unspecified atom stereocenters. The highest BCUT2D eigenvalue weighted by Gasteiger charge is 2.42. The van der Waals surface area contributed by atoms with Crippen LogP contribution in [0.25, 0.3) is 0 Å². The van der Waals surface area contributed by atoms with E-state index in [0.717, 1.165) is 18.9 Å². The summed E-state index contributed by atoms with van der Waals surface area (Å²) in [6.07, 6.45) is 11.3. The first-order valence-electron chi connectivity index (χ1n) is 9.94. The fourth-order valence-electron chi connectivity index (χ4n) is 5.34. The smallest absolute Gasteiger partial charge is 0.269 e. The number of nitro benzene ring substituents is 1. The standard InChI is InChI=1S/C20H27N3O3/c24-20(14-8-10-17(11-9-14)23(25)26)21-15-12-18-6-3-7-19(13-15)22(18)16-4-1-2-5-16/h8-11,15-16,18-19H,1-7,12-13H2,(H,21,24)/t15?,18-,19+. The normalized spacial score (nSPS) is 29.5. The summed E-state index contributed by atoms with van der Waals surface area (Å²) in [6, 6.07) is 8.06. The van der Waals surface area contributed by atoms with Crippen LogP contribution in [0.2, 0.25) is 0 Å². The molecule has 2 saturated heterocycles. The number of nitrogens with one attached hydrogen (secondary N) is 1. The molecule has 1 aromatic rings. The van der Waals surface area contributed by atoms with Gasteiger partial charge in [0.25, 0.3) is 11.6 Å². The largest absolute Gasteiger partial charge is 0.349 e. The van der Waals surface area contributed by atoms with Gasteiger partial charge >= 0.3 is 0 Å². The average molecular weight is 357 g/mol. The number of nitrogens with zero attached hydrogens (tertiary/aromatic N) is 2. The Morgan fingerprint density at radius 2 is 1.54 bits per heavy atom. The number of carbonyl (C=O) groups excluding carboxylic acids is 1. The molecular weight excluding hydrogens is 330 g/mol. The lowest BCUT2D eigenvalue weighted by atomic mass is 9.80. The van der Waals surface area contributed by atoms with Gasteiger partial charge in [0.2, 0.25) is 0 Å². The van der Waals surface area contributed by atoms with Crippen molar-refractivity contribution in [1.82, 2.24) is 10.2 Å². The van der Waals surface area contributed by atoms with Gasteiger partial charge in [0, 0.05) is 41.9 Å². The van der Waals surface area contributed by atoms with Crippen LogP contribution in [0, 0.1) is 10.1 Å². The number of rotatable bonds is 4. The molecule has 4 rings (SSSR count). The van der Waals surface area contributed by atoms with Crippen molar-refractivity contribution in [3.63, 3.8) is 0 Å². The summed E-state index contributed by atoms with van der Waals surface area (Å²) in [5.41, 5.74) is 0.514. The van der Waals surface area contributed by atoms with Crippen molar-refractivity contribution in [1.29, 1.82) is 0 Å². The summed E-state index contributed by atoms with van der Waals surface area (Å²) in [4.78, 5) is 25.7. The molecule has 0 spiro atoms. The minimum Gasteiger partial charge on any atom is -0.349 e. The SMILES string of the molecule is O=C(NC1C[C@H]2CCC[C@@H](C1)N2C1CCCC1)c1ccc([N+](=O)[O-])cc1. The zero-order valence-electron chi connectivity index (χ0n) is 15.1. The average Bonchev–Trinajstić information content (AvgIpc) is 3.15. The highest BCUT2D eigenvalue weighted by Crippen LogP contribution is 2.39. The number of hydrogen-bond donors (Lipinski definition) is 1. The second-order valence-electron chi connectivity index (χ2n) is 8.07. The number of hydrogen-bond acceptors (Lipinski definition) is 4. The van der Waals surface area contributed by atoms with E-state index < -0.39 is 4.92 Å². The fraction of sp³-hybridized carbons (Fsp3) is 0.650. The molecule has 3 fully saturated rings.